The van der Waals surface area contributed by atoms with E-state index in [-0.39, 0.29) is 5.78 Å². The van der Waals surface area contributed by atoms with Crippen LogP contribution in [-0.2, 0) is 0 Å². The number of rotatable bonds is 22. The van der Waals surface area contributed by atoms with E-state index in [9.17, 15) is 4.79 Å². The highest BCUT2D eigenvalue weighted by Gasteiger charge is 2.31. The zero-order valence-electron chi connectivity index (χ0n) is 30.4. The van der Waals surface area contributed by atoms with Gasteiger partial charge in [-0.05, 0) is 59.4 Å². The van der Waals surface area contributed by atoms with Crippen LogP contribution in [0.15, 0.2) is 84.9 Å². The summed E-state index contributed by atoms with van der Waals surface area (Å²) in [5.41, 5.74) is 7.00. The summed E-state index contributed by atoms with van der Waals surface area (Å²) in [6.45, 7) is 5.99. The van der Waals surface area contributed by atoms with Crippen molar-refractivity contribution >= 4 is 22.9 Å². The van der Waals surface area contributed by atoms with Crippen molar-refractivity contribution in [2.75, 3.05) is 13.2 Å². The fourth-order valence-electron chi connectivity index (χ4n) is 7.04. The largest absolute Gasteiger partial charge is 0.494 e. The third kappa shape index (κ3) is 10.2. The first-order chi connectivity index (χ1) is 24.6. The summed E-state index contributed by atoms with van der Waals surface area (Å²) in [7, 11) is 0. The van der Waals surface area contributed by atoms with Crippen LogP contribution in [0.1, 0.15) is 144 Å². The summed E-state index contributed by atoms with van der Waals surface area (Å²) >= 11 is 6.24. The highest BCUT2D eigenvalue weighted by Crippen LogP contribution is 2.39. The highest BCUT2D eigenvalue weighted by atomic mass is 32.1. The van der Waals surface area contributed by atoms with Crippen LogP contribution in [0.4, 0.5) is 0 Å². The molecule has 0 atom stereocenters. The maximum Gasteiger partial charge on any atom is 0.194 e. The number of ketones is 1. The van der Waals surface area contributed by atoms with Gasteiger partial charge in [-0.1, -0.05) is 177 Å². The van der Waals surface area contributed by atoms with Gasteiger partial charge in [0.15, 0.2) is 5.78 Å². The van der Waals surface area contributed by atoms with Gasteiger partial charge in [-0.15, -0.1) is 0 Å². The number of carbonyl (C=O) groups is 1. The number of benzene rings is 4. The van der Waals surface area contributed by atoms with Crippen molar-refractivity contribution in [1.82, 2.24) is 0 Å². The van der Waals surface area contributed by atoms with Crippen LogP contribution in [0.5, 0.6) is 11.5 Å². The Hall–Kier alpha value is -3.76. The Kier molecular flexibility index (Phi) is 15.1. The third-order valence-electron chi connectivity index (χ3n) is 9.94. The quantitative estimate of drug-likeness (QED) is 0.0535. The van der Waals surface area contributed by atoms with E-state index < -0.39 is 0 Å². The zero-order valence-corrected chi connectivity index (χ0v) is 31.3. The molecular weight excluding hydrogens is 633 g/mol. The van der Waals surface area contributed by atoms with E-state index >= 15 is 0 Å². The Labute approximate surface area is 306 Å². The average Bonchev–Trinajstić information content (AvgIpc) is 3.15. The Morgan fingerprint density at radius 1 is 0.440 bits per heavy atom. The van der Waals surface area contributed by atoms with Gasteiger partial charge < -0.3 is 9.47 Å². The number of thiocarbonyl (C=S) groups is 1. The SMILES string of the molecule is CCCCCCCCCCOc1ccc(-c2cccc3c2C(=S)c2c(cccc2-c2ccc(OCCCCCCCCCC)cc2)C3=O)cc1. The molecule has 1 aliphatic rings. The molecule has 0 aliphatic heterocycles. The van der Waals surface area contributed by atoms with Crippen LogP contribution in [0, 0.1) is 0 Å². The first kappa shape index (κ1) is 37.5. The monoisotopic (exact) mass is 688 g/mol. The molecule has 4 aromatic carbocycles. The van der Waals surface area contributed by atoms with E-state index in [0.717, 1.165) is 70.9 Å². The molecule has 3 nitrogen and oxygen atoms in total. The standard InChI is InChI=1S/C46H56O3S/c1-3-5-7-9-11-13-15-17-33-48-37-29-25-35(26-30-37)39-21-19-23-41-43(39)46(50)44-40(22-20-24-42(44)45(41)47)36-27-31-38(32-28-36)49-34-18-16-14-12-10-8-6-4-2/h19-32H,3-18,33-34H2,1-2H3. The van der Waals surface area contributed by atoms with Crippen LogP contribution < -0.4 is 9.47 Å². The van der Waals surface area contributed by atoms with Crippen molar-refractivity contribution in [1.29, 1.82) is 0 Å². The maximum atomic E-state index is 13.9. The molecule has 0 heterocycles. The van der Waals surface area contributed by atoms with Crippen molar-refractivity contribution < 1.29 is 14.3 Å². The predicted molar refractivity (Wildman–Crippen MR) is 214 cm³/mol. The summed E-state index contributed by atoms with van der Waals surface area (Å²) in [6, 6.07) is 28.3. The summed E-state index contributed by atoms with van der Waals surface area (Å²) in [6.07, 6.45) is 20.5. The fraction of sp³-hybridized carbons (Fsp3) is 0.435. The van der Waals surface area contributed by atoms with Gasteiger partial charge in [-0.25, -0.2) is 0 Å². The van der Waals surface area contributed by atoms with Gasteiger partial charge in [0, 0.05) is 22.3 Å². The number of carbonyl (C=O) groups excluding carboxylic acids is 1. The van der Waals surface area contributed by atoms with Crippen molar-refractivity contribution in [3.05, 3.63) is 107 Å². The van der Waals surface area contributed by atoms with Gasteiger partial charge in [-0.3, -0.25) is 4.79 Å². The van der Waals surface area contributed by atoms with Gasteiger partial charge in [0.1, 0.15) is 11.5 Å². The van der Waals surface area contributed by atoms with Gasteiger partial charge in [0.2, 0.25) is 0 Å². The van der Waals surface area contributed by atoms with Gasteiger partial charge in [0.05, 0.1) is 18.1 Å². The molecule has 5 rings (SSSR count). The molecule has 4 aromatic rings. The van der Waals surface area contributed by atoms with Crippen LogP contribution in [0.3, 0.4) is 0 Å². The molecular formula is C46H56O3S. The molecule has 0 aromatic heterocycles. The van der Waals surface area contributed by atoms with E-state index in [1.54, 1.807) is 0 Å². The molecule has 0 amide bonds. The Morgan fingerprint density at radius 3 is 1.16 bits per heavy atom. The molecule has 4 heteroatoms. The lowest BCUT2D eigenvalue weighted by molar-refractivity contribution is 0.103. The molecule has 0 saturated heterocycles. The third-order valence-corrected chi connectivity index (χ3v) is 10.3. The molecule has 264 valence electrons. The lowest BCUT2D eigenvalue weighted by atomic mass is 9.78. The molecule has 0 saturated carbocycles. The predicted octanol–water partition coefficient (Wildman–Crippen LogP) is 13.4. The smallest absolute Gasteiger partial charge is 0.194 e. The summed E-state index contributed by atoms with van der Waals surface area (Å²) in [4.78, 5) is 14.7. The van der Waals surface area contributed by atoms with Crippen LogP contribution in [0.2, 0.25) is 0 Å². The normalized spacial score (nSPS) is 12.1. The van der Waals surface area contributed by atoms with Crippen LogP contribution in [-0.4, -0.2) is 23.9 Å². The second kappa shape index (κ2) is 20.2. The van der Waals surface area contributed by atoms with Crippen molar-refractivity contribution in [2.45, 2.75) is 117 Å². The minimum Gasteiger partial charge on any atom is -0.494 e. The lowest BCUT2D eigenvalue weighted by Gasteiger charge is -2.25. The Bertz CT molecular complexity index is 1530. The molecule has 0 bridgehead atoms. The summed E-state index contributed by atoms with van der Waals surface area (Å²) < 4.78 is 12.2. The fourth-order valence-corrected chi connectivity index (χ4v) is 7.48. The molecule has 50 heavy (non-hydrogen) atoms. The van der Waals surface area contributed by atoms with E-state index in [0.29, 0.717) is 16.0 Å². The number of hydrogen-bond donors (Lipinski definition) is 0. The van der Waals surface area contributed by atoms with Gasteiger partial charge in [-0.2, -0.15) is 0 Å². The molecule has 0 unspecified atom stereocenters. The van der Waals surface area contributed by atoms with Crippen molar-refractivity contribution in [3.8, 4) is 33.8 Å². The maximum absolute atomic E-state index is 13.9. The Balaban J connectivity index is 1.22. The van der Waals surface area contributed by atoms with E-state index in [4.69, 9.17) is 21.7 Å². The lowest BCUT2D eigenvalue weighted by Crippen LogP contribution is -2.22. The van der Waals surface area contributed by atoms with Crippen molar-refractivity contribution in [2.24, 2.45) is 0 Å². The molecule has 1 aliphatic carbocycles. The highest BCUT2D eigenvalue weighted by molar-refractivity contribution is 7.81. The molecule has 0 N–H and O–H groups in total. The second-order valence-corrected chi connectivity index (χ2v) is 14.2. The number of fused-ring (bicyclic) bond motifs is 2. The van der Waals surface area contributed by atoms with Crippen LogP contribution >= 0.6 is 12.2 Å². The van der Waals surface area contributed by atoms with E-state index in [1.165, 1.54) is 89.9 Å². The van der Waals surface area contributed by atoms with E-state index in [1.807, 2.05) is 48.5 Å². The average molecular weight is 689 g/mol. The zero-order chi connectivity index (χ0) is 35.0. The molecule has 0 fully saturated rings. The van der Waals surface area contributed by atoms with Gasteiger partial charge in [0.25, 0.3) is 0 Å². The molecule has 0 spiro atoms. The topological polar surface area (TPSA) is 35.5 Å². The minimum atomic E-state index is 0.0166. The second-order valence-electron chi connectivity index (χ2n) is 13.8. The number of hydrogen-bond acceptors (Lipinski definition) is 4. The first-order valence-electron chi connectivity index (χ1n) is 19.4. The van der Waals surface area contributed by atoms with E-state index in [2.05, 4.69) is 50.2 Å². The number of ether oxygens (including phenoxy) is 2. The summed E-state index contributed by atoms with van der Waals surface area (Å²) in [5, 5.41) is 0. The van der Waals surface area contributed by atoms with Crippen molar-refractivity contribution in [3.63, 3.8) is 0 Å². The number of unbranched alkanes of at least 4 members (excludes halogenated alkanes) is 14. The van der Waals surface area contributed by atoms with Gasteiger partial charge >= 0.3 is 0 Å². The summed E-state index contributed by atoms with van der Waals surface area (Å²) in [5.74, 6) is 1.76. The minimum absolute atomic E-state index is 0.0166. The Morgan fingerprint density at radius 2 is 0.780 bits per heavy atom. The van der Waals surface area contributed by atoms with Crippen LogP contribution in [0.25, 0.3) is 22.3 Å². The first-order valence-corrected chi connectivity index (χ1v) is 19.8. The molecule has 0 radical (unpaired) electrons.